The number of hydrogen-bond donors (Lipinski definition) is 1. The number of anilines is 2. The lowest BCUT2D eigenvalue weighted by atomic mass is 10.2. The third-order valence-electron chi connectivity index (χ3n) is 4.37. The molecule has 1 aliphatic rings. The molecule has 0 bridgehead atoms. The number of thiophene rings is 1. The Bertz CT molecular complexity index is 707. The predicted molar refractivity (Wildman–Crippen MR) is 105 cm³/mol. The quantitative estimate of drug-likeness (QED) is 0.715. The van der Waals surface area contributed by atoms with E-state index in [0.29, 0.717) is 12.1 Å². The van der Waals surface area contributed by atoms with E-state index in [4.69, 9.17) is 4.74 Å². The Labute approximate surface area is 158 Å². The second-order valence-corrected chi connectivity index (χ2v) is 7.42. The molecule has 1 N–H and O–H groups in total. The Morgan fingerprint density at radius 1 is 1.12 bits per heavy atom. The number of carbonyl (C=O) groups is 2. The fraction of sp³-hybridized carbons (Fsp3) is 0.400. The van der Waals surface area contributed by atoms with E-state index in [1.54, 1.807) is 11.3 Å². The van der Waals surface area contributed by atoms with E-state index in [9.17, 15) is 9.59 Å². The van der Waals surface area contributed by atoms with Crippen LogP contribution in [0.3, 0.4) is 0 Å². The second-order valence-electron chi connectivity index (χ2n) is 6.38. The van der Waals surface area contributed by atoms with Gasteiger partial charge in [0.05, 0.1) is 0 Å². The van der Waals surface area contributed by atoms with Crippen LogP contribution in [0.1, 0.15) is 30.6 Å². The largest absolute Gasteiger partial charge is 0.456 e. The molecule has 6 heteroatoms. The summed E-state index contributed by atoms with van der Waals surface area (Å²) in [6, 6.07) is 11.8. The summed E-state index contributed by atoms with van der Waals surface area (Å²) in [5.74, 6) is -0.647. The van der Waals surface area contributed by atoms with Gasteiger partial charge in [-0.1, -0.05) is 6.07 Å². The van der Waals surface area contributed by atoms with Gasteiger partial charge in [-0.05, 0) is 61.4 Å². The molecule has 0 atom stereocenters. The molecule has 0 saturated carbocycles. The lowest BCUT2D eigenvalue weighted by Gasteiger charge is -2.17. The second kappa shape index (κ2) is 9.38. The molecule has 0 unspecified atom stereocenters. The van der Waals surface area contributed by atoms with E-state index >= 15 is 0 Å². The van der Waals surface area contributed by atoms with Gasteiger partial charge in [-0.3, -0.25) is 9.59 Å². The first-order valence-corrected chi connectivity index (χ1v) is 9.91. The predicted octanol–water partition coefficient (Wildman–Crippen LogP) is 3.85. The number of rotatable bonds is 8. The smallest absolute Gasteiger partial charge is 0.306 e. The first-order valence-electron chi connectivity index (χ1n) is 9.03. The minimum absolute atomic E-state index is 0.244. The van der Waals surface area contributed by atoms with Crippen molar-refractivity contribution in [2.24, 2.45) is 0 Å². The van der Waals surface area contributed by atoms with Crippen LogP contribution in [0.4, 0.5) is 11.4 Å². The molecule has 2 aromatic rings. The monoisotopic (exact) mass is 372 g/mol. The number of nitrogens with zero attached hydrogens (tertiary/aromatic N) is 1. The number of hydrogen-bond acceptors (Lipinski definition) is 5. The number of carbonyl (C=O) groups excluding carboxylic acids is 2. The zero-order chi connectivity index (χ0) is 18.2. The third kappa shape index (κ3) is 5.59. The molecule has 1 aromatic carbocycles. The molecule has 26 heavy (non-hydrogen) atoms. The van der Waals surface area contributed by atoms with E-state index < -0.39 is 0 Å². The SMILES string of the molecule is O=C(COC(=O)CCCc1cccs1)Nc1ccc(N2CCCC2)cc1. The minimum Gasteiger partial charge on any atom is -0.456 e. The molecule has 1 amide bonds. The summed E-state index contributed by atoms with van der Waals surface area (Å²) in [4.78, 5) is 27.2. The number of nitrogens with one attached hydrogen (secondary N) is 1. The minimum atomic E-state index is -0.332. The average molecular weight is 372 g/mol. The Morgan fingerprint density at radius 2 is 1.88 bits per heavy atom. The van der Waals surface area contributed by atoms with E-state index in [2.05, 4.69) is 16.3 Å². The van der Waals surface area contributed by atoms with Crippen LogP contribution in [-0.2, 0) is 20.7 Å². The van der Waals surface area contributed by atoms with Gasteiger partial charge in [0, 0.05) is 35.8 Å². The first-order chi connectivity index (χ1) is 12.7. The summed E-state index contributed by atoms with van der Waals surface area (Å²) in [6.07, 6.45) is 4.39. The van der Waals surface area contributed by atoms with Crippen LogP contribution in [-0.4, -0.2) is 31.6 Å². The highest BCUT2D eigenvalue weighted by Crippen LogP contribution is 2.22. The number of aryl methyl sites for hydroxylation is 1. The molecule has 0 radical (unpaired) electrons. The van der Waals surface area contributed by atoms with Crippen LogP contribution in [0.5, 0.6) is 0 Å². The molecule has 1 saturated heterocycles. The zero-order valence-electron chi connectivity index (χ0n) is 14.8. The van der Waals surface area contributed by atoms with Crippen molar-refractivity contribution in [2.75, 3.05) is 29.9 Å². The van der Waals surface area contributed by atoms with Crippen molar-refractivity contribution in [3.05, 3.63) is 46.7 Å². The summed E-state index contributed by atoms with van der Waals surface area (Å²) < 4.78 is 5.04. The van der Waals surface area contributed by atoms with Crippen molar-refractivity contribution in [3.8, 4) is 0 Å². The fourth-order valence-corrected chi connectivity index (χ4v) is 3.76. The molecule has 0 spiro atoms. The van der Waals surface area contributed by atoms with Crippen LogP contribution in [0, 0.1) is 0 Å². The molecule has 5 nitrogen and oxygen atoms in total. The van der Waals surface area contributed by atoms with Crippen molar-refractivity contribution in [3.63, 3.8) is 0 Å². The van der Waals surface area contributed by atoms with Crippen LogP contribution in [0.2, 0.25) is 0 Å². The van der Waals surface area contributed by atoms with Crippen molar-refractivity contribution in [1.29, 1.82) is 0 Å². The molecule has 0 aliphatic carbocycles. The van der Waals surface area contributed by atoms with Gasteiger partial charge in [-0.25, -0.2) is 0 Å². The van der Waals surface area contributed by atoms with Gasteiger partial charge in [0.2, 0.25) is 0 Å². The summed E-state index contributed by atoms with van der Waals surface area (Å²) in [5, 5.41) is 4.78. The Balaban J connectivity index is 1.34. The molecule has 3 rings (SSSR count). The van der Waals surface area contributed by atoms with E-state index in [0.717, 1.165) is 25.9 Å². The molecule has 1 aliphatic heterocycles. The van der Waals surface area contributed by atoms with Crippen LogP contribution < -0.4 is 10.2 Å². The Hall–Kier alpha value is -2.34. The summed E-state index contributed by atoms with van der Waals surface area (Å²) >= 11 is 1.68. The highest BCUT2D eigenvalue weighted by atomic mass is 32.1. The maximum absolute atomic E-state index is 11.9. The lowest BCUT2D eigenvalue weighted by Crippen LogP contribution is -2.21. The van der Waals surface area contributed by atoms with Gasteiger partial charge >= 0.3 is 5.97 Å². The van der Waals surface area contributed by atoms with Crippen LogP contribution in [0.15, 0.2) is 41.8 Å². The van der Waals surface area contributed by atoms with Crippen molar-refractivity contribution < 1.29 is 14.3 Å². The lowest BCUT2D eigenvalue weighted by molar-refractivity contribution is -0.147. The number of benzene rings is 1. The molecule has 138 valence electrons. The van der Waals surface area contributed by atoms with Gasteiger partial charge in [-0.15, -0.1) is 11.3 Å². The molecular weight excluding hydrogens is 348 g/mol. The van der Waals surface area contributed by atoms with Gasteiger partial charge < -0.3 is 15.0 Å². The highest BCUT2D eigenvalue weighted by molar-refractivity contribution is 7.09. The van der Waals surface area contributed by atoms with Crippen molar-refractivity contribution in [1.82, 2.24) is 0 Å². The molecule has 1 aromatic heterocycles. The van der Waals surface area contributed by atoms with E-state index in [1.807, 2.05) is 35.7 Å². The first kappa shape index (κ1) is 18.5. The molecule has 2 heterocycles. The zero-order valence-corrected chi connectivity index (χ0v) is 15.6. The molecular formula is C20H24N2O3S. The van der Waals surface area contributed by atoms with Gasteiger partial charge in [0.25, 0.3) is 5.91 Å². The van der Waals surface area contributed by atoms with Crippen LogP contribution >= 0.6 is 11.3 Å². The third-order valence-corrected chi connectivity index (χ3v) is 5.31. The maximum Gasteiger partial charge on any atom is 0.306 e. The average Bonchev–Trinajstić information content (AvgIpc) is 3.34. The number of ether oxygens (including phenoxy) is 1. The summed E-state index contributed by atoms with van der Waals surface area (Å²) in [7, 11) is 0. The normalized spacial score (nSPS) is 13.6. The van der Waals surface area contributed by atoms with Gasteiger partial charge in [0.15, 0.2) is 6.61 Å². The Kier molecular flexibility index (Phi) is 6.66. The van der Waals surface area contributed by atoms with Crippen LogP contribution in [0.25, 0.3) is 0 Å². The standard InChI is InChI=1S/C20H24N2O3S/c23-19(15-25-20(24)7-3-5-18-6-4-14-26-18)21-16-8-10-17(11-9-16)22-12-1-2-13-22/h4,6,8-11,14H,1-3,5,7,12-13,15H2,(H,21,23). The highest BCUT2D eigenvalue weighted by Gasteiger charge is 2.12. The van der Waals surface area contributed by atoms with Crippen molar-refractivity contribution in [2.45, 2.75) is 32.1 Å². The number of esters is 1. The number of amides is 1. The molecule has 1 fully saturated rings. The van der Waals surface area contributed by atoms with Gasteiger partial charge in [0.1, 0.15) is 0 Å². The van der Waals surface area contributed by atoms with E-state index in [-0.39, 0.29) is 18.5 Å². The summed E-state index contributed by atoms with van der Waals surface area (Å²) in [5.41, 5.74) is 1.89. The topological polar surface area (TPSA) is 58.6 Å². The fourth-order valence-electron chi connectivity index (χ4n) is 3.01. The maximum atomic E-state index is 11.9. The Morgan fingerprint density at radius 3 is 2.58 bits per heavy atom. The van der Waals surface area contributed by atoms with Gasteiger partial charge in [-0.2, -0.15) is 0 Å². The van der Waals surface area contributed by atoms with E-state index in [1.165, 1.54) is 23.4 Å². The summed E-state index contributed by atoms with van der Waals surface area (Å²) in [6.45, 7) is 1.94. The van der Waals surface area contributed by atoms with Crippen molar-refractivity contribution >= 4 is 34.6 Å².